The molecule has 0 aliphatic rings. The first kappa shape index (κ1) is 13.8. The highest BCUT2D eigenvalue weighted by atomic mass is 16.5. The van der Waals surface area contributed by atoms with Crippen molar-refractivity contribution in [1.29, 1.82) is 0 Å². The summed E-state index contributed by atoms with van der Waals surface area (Å²) in [5, 5.41) is 0. The van der Waals surface area contributed by atoms with Crippen LogP contribution in [0, 0.1) is 5.41 Å². The van der Waals surface area contributed by atoms with E-state index < -0.39 is 0 Å². The van der Waals surface area contributed by atoms with Crippen molar-refractivity contribution in [1.82, 2.24) is 0 Å². The van der Waals surface area contributed by atoms with Crippen LogP contribution < -0.4 is 15.2 Å². The number of rotatable bonds is 7. The van der Waals surface area contributed by atoms with Gasteiger partial charge in [0.2, 0.25) is 0 Å². The van der Waals surface area contributed by atoms with E-state index in [1.165, 1.54) is 0 Å². The number of ether oxygens (including phenoxy) is 2. The molecule has 2 N–H and O–H groups in total. The number of hydrogen-bond donors (Lipinski definition) is 1. The molecule has 3 nitrogen and oxygen atoms in total. The zero-order chi connectivity index (χ0) is 12.7. The second-order valence-electron chi connectivity index (χ2n) is 4.87. The van der Waals surface area contributed by atoms with Gasteiger partial charge < -0.3 is 15.2 Å². The topological polar surface area (TPSA) is 44.5 Å². The van der Waals surface area contributed by atoms with Gasteiger partial charge in [0.1, 0.15) is 11.5 Å². The van der Waals surface area contributed by atoms with Gasteiger partial charge in [-0.3, -0.25) is 0 Å². The first-order valence-corrected chi connectivity index (χ1v) is 6.13. The lowest BCUT2D eigenvalue weighted by molar-refractivity contribution is 0.232. The third-order valence-corrected chi connectivity index (χ3v) is 2.72. The van der Waals surface area contributed by atoms with E-state index in [1.807, 2.05) is 31.2 Å². The lowest BCUT2D eigenvalue weighted by Crippen LogP contribution is -2.25. The SMILES string of the molecule is CCOc1cccc(OCCC(C)(C)CN)c1. The second-order valence-corrected chi connectivity index (χ2v) is 4.87. The Balaban J connectivity index is 2.44. The molecule has 0 unspecified atom stereocenters. The Morgan fingerprint density at radius 2 is 1.82 bits per heavy atom. The van der Waals surface area contributed by atoms with E-state index in [4.69, 9.17) is 15.2 Å². The fraction of sp³-hybridized carbons (Fsp3) is 0.571. The standard InChI is InChI=1S/C14H23NO2/c1-4-16-12-6-5-7-13(10-12)17-9-8-14(2,3)11-15/h5-7,10H,4,8-9,11,15H2,1-3H3. The molecular formula is C14H23NO2. The first-order valence-electron chi connectivity index (χ1n) is 6.13. The van der Waals surface area contributed by atoms with Gasteiger partial charge in [0.15, 0.2) is 0 Å². The van der Waals surface area contributed by atoms with Gasteiger partial charge in [-0.1, -0.05) is 19.9 Å². The van der Waals surface area contributed by atoms with Crippen molar-refractivity contribution < 1.29 is 9.47 Å². The largest absolute Gasteiger partial charge is 0.494 e. The highest BCUT2D eigenvalue weighted by Crippen LogP contribution is 2.22. The highest BCUT2D eigenvalue weighted by Gasteiger charge is 2.15. The summed E-state index contributed by atoms with van der Waals surface area (Å²) in [7, 11) is 0. The predicted octanol–water partition coefficient (Wildman–Crippen LogP) is 2.84. The molecule has 1 aromatic carbocycles. The molecule has 1 rings (SSSR count). The fourth-order valence-electron chi connectivity index (χ4n) is 1.37. The number of nitrogens with two attached hydrogens (primary N) is 1. The summed E-state index contributed by atoms with van der Waals surface area (Å²) in [6.45, 7) is 8.29. The lowest BCUT2D eigenvalue weighted by Gasteiger charge is -2.22. The summed E-state index contributed by atoms with van der Waals surface area (Å²) in [4.78, 5) is 0. The number of benzene rings is 1. The van der Waals surface area contributed by atoms with Crippen molar-refractivity contribution in [2.45, 2.75) is 27.2 Å². The van der Waals surface area contributed by atoms with Gasteiger partial charge in [-0.25, -0.2) is 0 Å². The Bertz CT molecular complexity index is 337. The average molecular weight is 237 g/mol. The molecule has 0 aromatic heterocycles. The molecule has 0 saturated heterocycles. The highest BCUT2D eigenvalue weighted by molar-refractivity contribution is 5.32. The van der Waals surface area contributed by atoms with E-state index in [9.17, 15) is 0 Å². The van der Waals surface area contributed by atoms with Crippen LogP contribution in [0.3, 0.4) is 0 Å². The van der Waals surface area contributed by atoms with Crippen molar-refractivity contribution >= 4 is 0 Å². The summed E-state index contributed by atoms with van der Waals surface area (Å²) in [5.74, 6) is 1.70. The number of hydrogen-bond acceptors (Lipinski definition) is 3. The lowest BCUT2D eigenvalue weighted by atomic mass is 9.90. The molecule has 17 heavy (non-hydrogen) atoms. The minimum Gasteiger partial charge on any atom is -0.494 e. The molecule has 1 aromatic rings. The summed E-state index contributed by atoms with van der Waals surface area (Å²) >= 11 is 0. The molecule has 0 amide bonds. The van der Waals surface area contributed by atoms with Gasteiger partial charge in [-0.15, -0.1) is 0 Å². The van der Waals surface area contributed by atoms with Crippen LogP contribution in [-0.4, -0.2) is 19.8 Å². The van der Waals surface area contributed by atoms with Crippen molar-refractivity contribution in [3.63, 3.8) is 0 Å². The summed E-state index contributed by atoms with van der Waals surface area (Å²) < 4.78 is 11.1. The average Bonchev–Trinajstić information content (AvgIpc) is 2.30. The van der Waals surface area contributed by atoms with Gasteiger partial charge >= 0.3 is 0 Å². The summed E-state index contributed by atoms with van der Waals surface area (Å²) in [6, 6.07) is 7.73. The normalized spacial score (nSPS) is 11.3. The van der Waals surface area contributed by atoms with Crippen LogP contribution in [0.15, 0.2) is 24.3 Å². The third-order valence-electron chi connectivity index (χ3n) is 2.72. The molecule has 0 spiro atoms. The molecule has 0 saturated carbocycles. The van der Waals surface area contributed by atoms with Crippen LogP contribution >= 0.6 is 0 Å². The Kier molecular flexibility index (Phi) is 5.29. The van der Waals surface area contributed by atoms with E-state index >= 15 is 0 Å². The van der Waals surface area contributed by atoms with Crippen LogP contribution in [0.2, 0.25) is 0 Å². The summed E-state index contributed by atoms with van der Waals surface area (Å²) in [6.07, 6.45) is 0.947. The molecule has 0 heterocycles. The van der Waals surface area contributed by atoms with Crippen molar-refractivity contribution in [2.24, 2.45) is 11.1 Å². The van der Waals surface area contributed by atoms with Crippen LogP contribution in [0.1, 0.15) is 27.2 Å². The molecule has 0 fully saturated rings. The van der Waals surface area contributed by atoms with Crippen molar-refractivity contribution in [2.75, 3.05) is 19.8 Å². The zero-order valence-electron chi connectivity index (χ0n) is 11.0. The molecular weight excluding hydrogens is 214 g/mol. The quantitative estimate of drug-likeness (QED) is 0.793. The second kappa shape index (κ2) is 6.50. The predicted molar refractivity (Wildman–Crippen MR) is 70.6 cm³/mol. The van der Waals surface area contributed by atoms with Gasteiger partial charge in [0, 0.05) is 6.07 Å². The van der Waals surface area contributed by atoms with Crippen LogP contribution in [0.4, 0.5) is 0 Å². The minimum atomic E-state index is 0.136. The Morgan fingerprint density at radius 3 is 2.41 bits per heavy atom. The van der Waals surface area contributed by atoms with Crippen molar-refractivity contribution in [3.05, 3.63) is 24.3 Å². The van der Waals surface area contributed by atoms with E-state index in [-0.39, 0.29) is 5.41 Å². The van der Waals surface area contributed by atoms with E-state index in [0.717, 1.165) is 17.9 Å². The van der Waals surface area contributed by atoms with E-state index in [0.29, 0.717) is 19.8 Å². The fourth-order valence-corrected chi connectivity index (χ4v) is 1.37. The molecule has 96 valence electrons. The monoisotopic (exact) mass is 237 g/mol. The smallest absolute Gasteiger partial charge is 0.122 e. The summed E-state index contributed by atoms with van der Waals surface area (Å²) in [5.41, 5.74) is 5.81. The van der Waals surface area contributed by atoms with Crippen LogP contribution in [-0.2, 0) is 0 Å². The van der Waals surface area contributed by atoms with Crippen LogP contribution in [0.25, 0.3) is 0 Å². The molecule has 3 heteroatoms. The Morgan fingerprint density at radius 1 is 1.18 bits per heavy atom. The first-order chi connectivity index (χ1) is 8.07. The van der Waals surface area contributed by atoms with Gasteiger partial charge in [0.25, 0.3) is 0 Å². The minimum absolute atomic E-state index is 0.136. The van der Waals surface area contributed by atoms with E-state index in [1.54, 1.807) is 0 Å². The molecule has 0 aliphatic heterocycles. The van der Waals surface area contributed by atoms with E-state index in [2.05, 4.69) is 13.8 Å². The maximum absolute atomic E-state index is 5.70. The Hall–Kier alpha value is -1.22. The van der Waals surface area contributed by atoms with Gasteiger partial charge in [-0.2, -0.15) is 0 Å². The Labute approximate surface area is 104 Å². The molecule has 0 radical (unpaired) electrons. The maximum Gasteiger partial charge on any atom is 0.122 e. The molecule has 0 aliphatic carbocycles. The van der Waals surface area contributed by atoms with Gasteiger partial charge in [0.05, 0.1) is 13.2 Å². The zero-order valence-corrected chi connectivity index (χ0v) is 11.0. The third kappa shape index (κ3) is 5.09. The van der Waals surface area contributed by atoms with Crippen molar-refractivity contribution in [3.8, 4) is 11.5 Å². The van der Waals surface area contributed by atoms with Gasteiger partial charge in [-0.05, 0) is 37.4 Å². The maximum atomic E-state index is 5.70. The molecule has 0 bridgehead atoms. The molecule has 0 atom stereocenters. The van der Waals surface area contributed by atoms with Crippen LogP contribution in [0.5, 0.6) is 11.5 Å².